The first kappa shape index (κ1) is 12.9. The Bertz CT molecular complexity index is 303. The second-order valence-electron chi connectivity index (χ2n) is 3.38. The van der Waals surface area contributed by atoms with Gasteiger partial charge in [-0.3, -0.25) is 0 Å². The fourth-order valence-electron chi connectivity index (χ4n) is 1.20. The van der Waals surface area contributed by atoms with Gasteiger partial charge in [0.15, 0.2) is 0 Å². The Labute approximate surface area is 93.0 Å². The van der Waals surface area contributed by atoms with Crippen molar-refractivity contribution in [3.8, 4) is 5.75 Å². The lowest BCUT2D eigenvalue weighted by molar-refractivity contribution is -0.00340. The Morgan fingerprint density at radius 3 is 2.44 bits per heavy atom. The summed E-state index contributed by atoms with van der Waals surface area (Å²) in [5.41, 5.74) is 0.947. The third-order valence-corrected chi connectivity index (χ3v) is 2.13. The smallest absolute Gasteiger partial charge is 0.265 e. The highest BCUT2D eigenvalue weighted by atomic mass is 19.3. The van der Waals surface area contributed by atoms with E-state index in [2.05, 4.69) is 5.32 Å². The van der Waals surface area contributed by atoms with Crippen molar-refractivity contribution in [2.75, 3.05) is 13.7 Å². The van der Waals surface area contributed by atoms with Gasteiger partial charge in [0.1, 0.15) is 11.9 Å². The van der Waals surface area contributed by atoms with Gasteiger partial charge in [0.05, 0.1) is 7.11 Å². The number of hydrogen-bond acceptors (Lipinski definition) is 3. The molecule has 1 atom stereocenters. The monoisotopic (exact) mass is 231 g/mol. The number of aliphatic hydroxyl groups is 1. The maximum atomic E-state index is 11.9. The van der Waals surface area contributed by atoms with E-state index in [1.165, 1.54) is 0 Å². The van der Waals surface area contributed by atoms with Crippen LogP contribution in [0.2, 0.25) is 0 Å². The van der Waals surface area contributed by atoms with E-state index >= 15 is 0 Å². The predicted octanol–water partition coefficient (Wildman–Crippen LogP) is 1.41. The topological polar surface area (TPSA) is 41.5 Å². The van der Waals surface area contributed by atoms with E-state index in [-0.39, 0.29) is 6.54 Å². The fourth-order valence-corrected chi connectivity index (χ4v) is 1.20. The normalized spacial score (nSPS) is 12.8. The molecule has 1 unspecified atom stereocenters. The summed E-state index contributed by atoms with van der Waals surface area (Å²) < 4.78 is 28.9. The summed E-state index contributed by atoms with van der Waals surface area (Å²) in [4.78, 5) is 0. The van der Waals surface area contributed by atoms with Crippen molar-refractivity contribution >= 4 is 0 Å². The Morgan fingerprint density at radius 1 is 1.31 bits per heavy atom. The van der Waals surface area contributed by atoms with Crippen molar-refractivity contribution in [2.45, 2.75) is 19.1 Å². The molecule has 5 heteroatoms. The van der Waals surface area contributed by atoms with Crippen LogP contribution in [0.1, 0.15) is 5.56 Å². The minimum absolute atomic E-state index is 0.121. The van der Waals surface area contributed by atoms with Gasteiger partial charge in [-0.15, -0.1) is 0 Å². The molecule has 0 aromatic heterocycles. The van der Waals surface area contributed by atoms with E-state index < -0.39 is 12.5 Å². The summed E-state index contributed by atoms with van der Waals surface area (Å²) in [6.07, 6.45) is -4.32. The molecule has 3 nitrogen and oxygen atoms in total. The molecule has 90 valence electrons. The molecule has 0 fully saturated rings. The molecule has 0 saturated carbocycles. The van der Waals surface area contributed by atoms with Crippen molar-refractivity contribution in [1.29, 1.82) is 0 Å². The molecule has 0 radical (unpaired) electrons. The van der Waals surface area contributed by atoms with Crippen LogP contribution in [0.15, 0.2) is 24.3 Å². The minimum Gasteiger partial charge on any atom is -0.497 e. The zero-order valence-electron chi connectivity index (χ0n) is 8.99. The Balaban J connectivity index is 2.31. The fraction of sp³-hybridized carbons (Fsp3) is 0.455. The van der Waals surface area contributed by atoms with Crippen molar-refractivity contribution in [2.24, 2.45) is 0 Å². The molecule has 0 saturated heterocycles. The highest BCUT2D eigenvalue weighted by molar-refractivity contribution is 5.26. The first-order valence-electron chi connectivity index (χ1n) is 4.93. The summed E-state index contributed by atoms with van der Waals surface area (Å²) in [6.45, 7) is 0.317. The second-order valence-corrected chi connectivity index (χ2v) is 3.38. The molecule has 1 rings (SSSR count). The number of aliphatic hydroxyl groups excluding tert-OH is 1. The highest BCUT2D eigenvalue weighted by Crippen LogP contribution is 2.10. The molecule has 0 aliphatic heterocycles. The van der Waals surface area contributed by atoms with Crippen LogP contribution in [0.5, 0.6) is 5.75 Å². The molecule has 2 N–H and O–H groups in total. The number of benzene rings is 1. The lowest BCUT2D eigenvalue weighted by Crippen LogP contribution is -2.31. The maximum Gasteiger partial charge on any atom is 0.265 e. The van der Waals surface area contributed by atoms with E-state index in [1.807, 2.05) is 12.1 Å². The van der Waals surface area contributed by atoms with E-state index in [0.29, 0.717) is 6.54 Å². The average Bonchev–Trinajstić information content (AvgIpc) is 2.29. The summed E-state index contributed by atoms with van der Waals surface area (Å²) in [7, 11) is 1.58. The Hall–Kier alpha value is -1.20. The zero-order chi connectivity index (χ0) is 12.0. The zero-order valence-corrected chi connectivity index (χ0v) is 8.99. The summed E-state index contributed by atoms with van der Waals surface area (Å²) in [6, 6.07) is 7.25. The summed E-state index contributed by atoms with van der Waals surface area (Å²) in [5.74, 6) is 0.747. The van der Waals surface area contributed by atoms with E-state index in [0.717, 1.165) is 11.3 Å². The molecular formula is C11H15F2NO2. The van der Waals surface area contributed by atoms with Gasteiger partial charge in [-0.2, -0.15) is 0 Å². The quantitative estimate of drug-likeness (QED) is 0.777. The number of rotatable bonds is 6. The minimum atomic E-state index is -2.71. The van der Waals surface area contributed by atoms with Crippen LogP contribution in [-0.4, -0.2) is 31.3 Å². The first-order valence-corrected chi connectivity index (χ1v) is 4.93. The third kappa shape index (κ3) is 4.12. The highest BCUT2D eigenvalue weighted by Gasteiger charge is 2.15. The molecule has 0 bridgehead atoms. The van der Waals surface area contributed by atoms with Gasteiger partial charge in [0, 0.05) is 13.1 Å². The molecule has 1 aromatic rings. The summed E-state index contributed by atoms with van der Waals surface area (Å²) in [5, 5.41) is 11.6. The molecular weight excluding hydrogens is 216 g/mol. The molecule has 1 aromatic carbocycles. The van der Waals surface area contributed by atoms with Gasteiger partial charge in [-0.25, -0.2) is 8.78 Å². The number of nitrogens with one attached hydrogen (secondary N) is 1. The lowest BCUT2D eigenvalue weighted by Gasteiger charge is -2.10. The second kappa shape index (κ2) is 6.40. The SMILES string of the molecule is COc1ccc(CNCC(O)C(F)F)cc1. The molecule has 0 spiro atoms. The van der Waals surface area contributed by atoms with E-state index in [4.69, 9.17) is 9.84 Å². The van der Waals surface area contributed by atoms with Crippen molar-refractivity contribution in [3.63, 3.8) is 0 Å². The van der Waals surface area contributed by atoms with Crippen molar-refractivity contribution in [1.82, 2.24) is 5.32 Å². The van der Waals surface area contributed by atoms with Crippen LogP contribution >= 0.6 is 0 Å². The van der Waals surface area contributed by atoms with Crippen molar-refractivity contribution < 1.29 is 18.6 Å². The van der Waals surface area contributed by atoms with E-state index in [9.17, 15) is 8.78 Å². The van der Waals surface area contributed by atoms with Crippen LogP contribution in [0.3, 0.4) is 0 Å². The molecule has 16 heavy (non-hydrogen) atoms. The lowest BCUT2D eigenvalue weighted by atomic mass is 10.2. The standard InChI is InChI=1S/C11H15F2NO2/c1-16-9-4-2-8(3-5-9)6-14-7-10(15)11(12)13/h2-5,10-11,14-15H,6-7H2,1H3. The average molecular weight is 231 g/mol. The van der Waals surface area contributed by atoms with Gasteiger partial charge in [0.25, 0.3) is 6.43 Å². The Morgan fingerprint density at radius 2 is 1.94 bits per heavy atom. The van der Waals surface area contributed by atoms with E-state index in [1.54, 1.807) is 19.2 Å². The van der Waals surface area contributed by atoms with Gasteiger partial charge in [0.2, 0.25) is 0 Å². The maximum absolute atomic E-state index is 11.9. The number of halogens is 2. The summed E-state index contributed by atoms with van der Waals surface area (Å²) >= 11 is 0. The number of ether oxygens (including phenoxy) is 1. The van der Waals surface area contributed by atoms with Crippen LogP contribution in [0.4, 0.5) is 8.78 Å². The molecule has 0 heterocycles. The van der Waals surface area contributed by atoms with Crippen LogP contribution in [0.25, 0.3) is 0 Å². The molecule has 0 amide bonds. The number of hydrogen-bond donors (Lipinski definition) is 2. The van der Waals surface area contributed by atoms with Gasteiger partial charge < -0.3 is 15.2 Å². The number of methoxy groups -OCH3 is 1. The predicted molar refractivity (Wildman–Crippen MR) is 56.7 cm³/mol. The van der Waals surface area contributed by atoms with Crippen LogP contribution in [-0.2, 0) is 6.54 Å². The Kier molecular flexibility index (Phi) is 5.14. The third-order valence-electron chi connectivity index (χ3n) is 2.13. The van der Waals surface area contributed by atoms with Crippen molar-refractivity contribution in [3.05, 3.63) is 29.8 Å². The molecule has 0 aliphatic carbocycles. The van der Waals surface area contributed by atoms with Crippen LogP contribution in [0, 0.1) is 0 Å². The molecule has 0 aliphatic rings. The largest absolute Gasteiger partial charge is 0.497 e. The van der Waals surface area contributed by atoms with Gasteiger partial charge in [-0.05, 0) is 17.7 Å². The van der Waals surface area contributed by atoms with Gasteiger partial charge >= 0.3 is 0 Å². The van der Waals surface area contributed by atoms with Crippen LogP contribution < -0.4 is 10.1 Å². The number of alkyl halides is 2. The first-order chi connectivity index (χ1) is 7.63. The van der Waals surface area contributed by atoms with Gasteiger partial charge in [-0.1, -0.05) is 12.1 Å².